The second-order valence-corrected chi connectivity index (χ2v) is 8.59. The molecule has 0 atom stereocenters. The molecule has 1 aromatic heterocycles. The highest BCUT2D eigenvalue weighted by atomic mass is 32.2. The van der Waals surface area contributed by atoms with Gasteiger partial charge in [-0.05, 0) is 68.3 Å². The van der Waals surface area contributed by atoms with Crippen LogP contribution in [0, 0.1) is 20.8 Å². The highest BCUT2D eigenvalue weighted by molar-refractivity contribution is 7.98. The molecule has 0 saturated carbocycles. The van der Waals surface area contributed by atoms with Crippen LogP contribution in [0.25, 0.3) is 0 Å². The van der Waals surface area contributed by atoms with Gasteiger partial charge in [0.2, 0.25) is 0 Å². The Hall–Kier alpha value is -2.31. The standard InChI is InChI=1S/C22H23NO3S2/c1-15-10-16(2)12-20(11-15)25-8-9-26-22(24)18-4-6-21(7-5-18)28-14-19-13-27-17(3)23-19/h4-7,10-13H,8-9,14H2,1-3H3. The summed E-state index contributed by atoms with van der Waals surface area (Å²) in [6, 6.07) is 13.5. The predicted molar refractivity (Wildman–Crippen MR) is 115 cm³/mol. The molecule has 28 heavy (non-hydrogen) atoms. The van der Waals surface area contributed by atoms with Crippen LogP contribution in [0.3, 0.4) is 0 Å². The zero-order valence-corrected chi connectivity index (χ0v) is 17.9. The molecule has 146 valence electrons. The molecule has 0 amide bonds. The second kappa shape index (κ2) is 9.75. The van der Waals surface area contributed by atoms with Crippen LogP contribution in [0.1, 0.15) is 32.2 Å². The highest BCUT2D eigenvalue weighted by Crippen LogP contribution is 2.24. The van der Waals surface area contributed by atoms with Crippen molar-refractivity contribution < 1.29 is 14.3 Å². The monoisotopic (exact) mass is 413 g/mol. The molecule has 0 aliphatic heterocycles. The molecule has 2 aromatic carbocycles. The van der Waals surface area contributed by atoms with E-state index in [2.05, 4.69) is 16.4 Å². The predicted octanol–water partition coefficient (Wildman–Crippen LogP) is 5.60. The lowest BCUT2D eigenvalue weighted by atomic mass is 10.1. The number of hydrogen-bond donors (Lipinski definition) is 0. The molecule has 6 heteroatoms. The fourth-order valence-electron chi connectivity index (χ4n) is 2.71. The van der Waals surface area contributed by atoms with Gasteiger partial charge in [-0.2, -0.15) is 0 Å². The first kappa shape index (κ1) is 20.4. The Morgan fingerprint density at radius 3 is 2.39 bits per heavy atom. The van der Waals surface area contributed by atoms with Crippen LogP contribution < -0.4 is 4.74 Å². The topological polar surface area (TPSA) is 48.4 Å². The number of benzene rings is 2. The minimum Gasteiger partial charge on any atom is -0.490 e. The molecule has 0 aliphatic carbocycles. The number of aryl methyl sites for hydroxylation is 3. The normalized spacial score (nSPS) is 10.7. The summed E-state index contributed by atoms with van der Waals surface area (Å²) in [4.78, 5) is 17.7. The first-order chi connectivity index (χ1) is 13.5. The molecule has 0 unspecified atom stereocenters. The van der Waals surface area contributed by atoms with Crippen molar-refractivity contribution >= 4 is 29.1 Å². The van der Waals surface area contributed by atoms with Crippen molar-refractivity contribution in [3.63, 3.8) is 0 Å². The maximum absolute atomic E-state index is 12.2. The van der Waals surface area contributed by atoms with E-state index < -0.39 is 0 Å². The zero-order chi connectivity index (χ0) is 19.9. The van der Waals surface area contributed by atoms with E-state index in [1.165, 1.54) is 0 Å². The van der Waals surface area contributed by atoms with Gasteiger partial charge in [-0.15, -0.1) is 23.1 Å². The number of thioether (sulfide) groups is 1. The van der Waals surface area contributed by atoms with Crippen LogP contribution in [0.15, 0.2) is 52.7 Å². The molecular formula is C22H23NO3S2. The van der Waals surface area contributed by atoms with Crippen LogP contribution in [-0.4, -0.2) is 24.2 Å². The number of carbonyl (C=O) groups is 1. The number of aromatic nitrogens is 1. The first-order valence-electron chi connectivity index (χ1n) is 9.02. The summed E-state index contributed by atoms with van der Waals surface area (Å²) in [5.74, 6) is 1.28. The van der Waals surface area contributed by atoms with E-state index >= 15 is 0 Å². The van der Waals surface area contributed by atoms with Crippen molar-refractivity contribution in [1.29, 1.82) is 0 Å². The van der Waals surface area contributed by atoms with E-state index in [4.69, 9.17) is 9.47 Å². The summed E-state index contributed by atoms with van der Waals surface area (Å²) < 4.78 is 11.0. The van der Waals surface area contributed by atoms with Crippen molar-refractivity contribution in [2.75, 3.05) is 13.2 Å². The van der Waals surface area contributed by atoms with Crippen molar-refractivity contribution in [3.05, 3.63) is 75.2 Å². The third-order valence-electron chi connectivity index (χ3n) is 3.92. The van der Waals surface area contributed by atoms with E-state index in [1.807, 2.05) is 45.0 Å². The van der Waals surface area contributed by atoms with E-state index in [-0.39, 0.29) is 12.6 Å². The van der Waals surface area contributed by atoms with Gasteiger partial charge in [0, 0.05) is 16.0 Å². The summed E-state index contributed by atoms with van der Waals surface area (Å²) in [7, 11) is 0. The largest absolute Gasteiger partial charge is 0.490 e. The SMILES string of the molecule is Cc1cc(C)cc(OCCOC(=O)c2ccc(SCc3csc(C)n3)cc2)c1. The summed E-state index contributed by atoms with van der Waals surface area (Å²) in [5.41, 5.74) is 3.92. The molecule has 0 radical (unpaired) electrons. The minimum absolute atomic E-state index is 0.214. The van der Waals surface area contributed by atoms with E-state index in [0.29, 0.717) is 12.2 Å². The number of esters is 1. The van der Waals surface area contributed by atoms with Crippen LogP contribution in [-0.2, 0) is 10.5 Å². The average Bonchev–Trinajstić information content (AvgIpc) is 3.08. The number of nitrogens with zero attached hydrogens (tertiary/aromatic N) is 1. The number of hydrogen-bond acceptors (Lipinski definition) is 6. The van der Waals surface area contributed by atoms with E-state index in [9.17, 15) is 4.79 Å². The number of thiazole rings is 1. The molecule has 0 aliphatic rings. The zero-order valence-electron chi connectivity index (χ0n) is 16.2. The van der Waals surface area contributed by atoms with Gasteiger partial charge in [0.1, 0.15) is 19.0 Å². The number of carbonyl (C=O) groups excluding carboxylic acids is 1. The van der Waals surface area contributed by atoms with Crippen LogP contribution in [0.2, 0.25) is 0 Å². The van der Waals surface area contributed by atoms with Gasteiger partial charge < -0.3 is 9.47 Å². The summed E-state index contributed by atoms with van der Waals surface area (Å²) in [6.45, 7) is 6.60. The maximum atomic E-state index is 12.2. The summed E-state index contributed by atoms with van der Waals surface area (Å²) in [6.07, 6.45) is 0. The van der Waals surface area contributed by atoms with Gasteiger partial charge in [0.25, 0.3) is 0 Å². The Labute approximate surface area is 173 Å². The molecule has 0 fully saturated rings. The average molecular weight is 414 g/mol. The maximum Gasteiger partial charge on any atom is 0.338 e. The van der Waals surface area contributed by atoms with Gasteiger partial charge in [0.15, 0.2) is 0 Å². The molecule has 1 heterocycles. The van der Waals surface area contributed by atoms with Gasteiger partial charge in [-0.25, -0.2) is 9.78 Å². The molecular weight excluding hydrogens is 390 g/mol. The molecule has 0 bridgehead atoms. The second-order valence-electron chi connectivity index (χ2n) is 6.48. The van der Waals surface area contributed by atoms with E-state index in [1.54, 1.807) is 35.2 Å². The van der Waals surface area contributed by atoms with Gasteiger partial charge >= 0.3 is 5.97 Å². The first-order valence-corrected chi connectivity index (χ1v) is 10.9. The van der Waals surface area contributed by atoms with E-state index in [0.717, 1.165) is 38.2 Å². The lowest BCUT2D eigenvalue weighted by molar-refractivity contribution is 0.0450. The van der Waals surface area contributed by atoms with Crippen molar-refractivity contribution in [3.8, 4) is 5.75 Å². The lowest BCUT2D eigenvalue weighted by Crippen LogP contribution is -2.12. The molecule has 3 aromatic rings. The Bertz CT molecular complexity index is 915. The Balaban J connectivity index is 1.42. The Morgan fingerprint density at radius 2 is 1.75 bits per heavy atom. The lowest BCUT2D eigenvalue weighted by Gasteiger charge is -2.09. The van der Waals surface area contributed by atoms with Crippen molar-refractivity contribution in [2.45, 2.75) is 31.4 Å². The highest BCUT2D eigenvalue weighted by Gasteiger charge is 2.08. The van der Waals surface area contributed by atoms with Gasteiger partial charge in [0.05, 0.1) is 16.3 Å². The quantitative estimate of drug-likeness (QED) is 0.273. The van der Waals surface area contributed by atoms with Crippen LogP contribution in [0.4, 0.5) is 0 Å². The smallest absolute Gasteiger partial charge is 0.338 e. The summed E-state index contributed by atoms with van der Waals surface area (Å²) in [5, 5.41) is 3.16. The molecule has 0 saturated heterocycles. The third kappa shape index (κ3) is 6.11. The Morgan fingerprint density at radius 1 is 1.04 bits per heavy atom. The molecule has 3 rings (SSSR count). The third-order valence-corrected chi connectivity index (χ3v) is 5.79. The van der Waals surface area contributed by atoms with Crippen molar-refractivity contribution in [2.24, 2.45) is 0 Å². The number of ether oxygens (including phenoxy) is 2. The minimum atomic E-state index is -0.337. The van der Waals surface area contributed by atoms with Crippen LogP contribution in [0.5, 0.6) is 5.75 Å². The van der Waals surface area contributed by atoms with Gasteiger partial charge in [-0.1, -0.05) is 6.07 Å². The molecule has 0 N–H and O–H groups in total. The summed E-state index contributed by atoms with van der Waals surface area (Å²) >= 11 is 3.36. The fraction of sp³-hybridized carbons (Fsp3) is 0.273. The van der Waals surface area contributed by atoms with Gasteiger partial charge in [-0.3, -0.25) is 0 Å². The fourth-order valence-corrected chi connectivity index (χ4v) is 4.22. The van der Waals surface area contributed by atoms with Crippen LogP contribution >= 0.6 is 23.1 Å². The molecule has 0 spiro atoms. The molecule has 4 nitrogen and oxygen atoms in total. The Kier molecular flexibility index (Phi) is 7.12. The van der Waals surface area contributed by atoms with Crippen molar-refractivity contribution in [1.82, 2.24) is 4.98 Å². The number of rotatable bonds is 8.